The maximum Gasteiger partial charge on any atom is 0.141 e. The second-order valence-electron chi connectivity index (χ2n) is 4.45. The standard InChI is InChI=1S/C15H16ClFN2O/c1-2-5-20-12-6-11(8-19-9-12)15(18)10-3-4-14(17)13(16)7-10/h3-4,6-9,15H,2,5,18H2,1H3. The van der Waals surface area contributed by atoms with Crippen LogP contribution in [0.1, 0.15) is 30.5 Å². The first-order chi connectivity index (χ1) is 9.61. The highest BCUT2D eigenvalue weighted by Crippen LogP contribution is 2.25. The number of nitrogens with two attached hydrogens (primary N) is 1. The summed E-state index contributed by atoms with van der Waals surface area (Å²) in [4.78, 5) is 4.11. The Morgan fingerprint density at radius 1 is 1.30 bits per heavy atom. The smallest absolute Gasteiger partial charge is 0.141 e. The van der Waals surface area contributed by atoms with Crippen LogP contribution >= 0.6 is 11.6 Å². The van der Waals surface area contributed by atoms with Gasteiger partial charge in [-0.3, -0.25) is 4.98 Å². The summed E-state index contributed by atoms with van der Waals surface area (Å²) in [5, 5.41) is 0.0595. The second kappa shape index (κ2) is 6.68. The van der Waals surface area contributed by atoms with Crippen LogP contribution in [0.3, 0.4) is 0 Å². The zero-order valence-corrected chi connectivity index (χ0v) is 11.9. The minimum absolute atomic E-state index is 0.0595. The van der Waals surface area contributed by atoms with Gasteiger partial charge in [0.1, 0.15) is 11.6 Å². The minimum Gasteiger partial charge on any atom is -0.492 e. The largest absolute Gasteiger partial charge is 0.492 e. The van der Waals surface area contributed by atoms with Gasteiger partial charge in [0.05, 0.1) is 23.9 Å². The molecule has 0 saturated carbocycles. The first-order valence-corrected chi connectivity index (χ1v) is 6.78. The second-order valence-corrected chi connectivity index (χ2v) is 4.86. The van der Waals surface area contributed by atoms with Gasteiger partial charge in [-0.05, 0) is 35.7 Å². The molecule has 2 N–H and O–H groups in total. The van der Waals surface area contributed by atoms with Crippen molar-refractivity contribution >= 4 is 11.6 Å². The number of halogens is 2. The van der Waals surface area contributed by atoms with E-state index in [1.165, 1.54) is 12.1 Å². The van der Waals surface area contributed by atoms with Gasteiger partial charge in [0.15, 0.2) is 0 Å². The number of ether oxygens (including phenoxy) is 1. The van der Waals surface area contributed by atoms with E-state index in [-0.39, 0.29) is 5.02 Å². The van der Waals surface area contributed by atoms with E-state index in [1.807, 2.05) is 13.0 Å². The van der Waals surface area contributed by atoms with Crippen LogP contribution in [0, 0.1) is 5.82 Å². The molecule has 0 saturated heterocycles. The van der Waals surface area contributed by atoms with Gasteiger partial charge in [-0.15, -0.1) is 0 Å². The normalized spacial score (nSPS) is 12.2. The van der Waals surface area contributed by atoms with E-state index in [0.717, 1.165) is 17.5 Å². The number of pyridine rings is 1. The molecule has 0 aliphatic rings. The van der Waals surface area contributed by atoms with E-state index in [2.05, 4.69) is 4.98 Å². The highest BCUT2D eigenvalue weighted by atomic mass is 35.5. The molecule has 2 rings (SSSR count). The van der Waals surface area contributed by atoms with Crippen LogP contribution in [0.25, 0.3) is 0 Å². The zero-order chi connectivity index (χ0) is 14.5. The van der Waals surface area contributed by atoms with Gasteiger partial charge in [0, 0.05) is 6.20 Å². The van der Waals surface area contributed by atoms with Gasteiger partial charge in [-0.1, -0.05) is 24.6 Å². The van der Waals surface area contributed by atoms with Crippen molar-refractivity contribution in [3.05, 3.63) is 58.6 Å². The molecule has 106 valence electrons. The molecule has 2 aromatic rings. The van der Waals surface area contributed by atoms with Crippen LogP contribution < -0.4 is 10.5 Å². The van der Waals surface area contributed by atoms with Crippen molar-refractivity contribution in [1.82, 2.24) is 4.98 Å². The number of hydrogen-bond acceptors (Lipinski definition) is 3. The molecule has 0 bridgehead atoms. The number of hydrogen-bond donors (Lipinski definition) is 1. The first-order valence-electron chi connectivity index (χ1n) is 6.40. The maximum atomic E-state index is 13.2. The summed E-state index contributed by atoms with van der Waals surface area (Å²) in [6.45, 7) is 2.66. The van der Waals surface area contributed by atoms with E-state index in [9.17, 15) is 4.39 Å². The van der Waals surface area contributed by atoms with Crippen molar-refractivity contribution in [2.24, 2.45) is 5.73 Å². The van der Waals surface area contributed by atoms with Gasteiger partial charge in [0.25, 0.3) is 0 Å². The van der Waals surface area contributed by atoms with Crippen molar-refractivity contribution in [2.45, 2.75) is 19.4 Å². The van der Waals surface area contributed by atoms with Gasteiger partial charge in [-0.2, -0.15) is 0 Å². The minimum atomic E-state index is -0.458. The molecular formula is C15H16ClFN2O. The summed E-state index contributed by atoms with van der Waals surface area (Å²) in [7, 11) is 0. The average Bonchev–Trinajstić information content (AvgIpc) is 2.47. The molecular weight excluding hydrogens is 279 g/mol. The quantitative estimate of drug-likeness (QED) is 0.914. The van der Waals surface area contributed by atoms with Crippen molar-refractivity contribution in [1.29, 1.82) is 0 Å². The summed E-state index contributed by atoms with van der Waals surface area (Å²) in [6.07, 6.45) is 4.23. The number of rotatable bonds is 5. The Balaban J connectivity index is 2.23. The summed E-state index contributed by atoms with van der Waals surface area (Å²) in [5.41, 5.74) is 7.68. The maximum absolute atomic E-state index is 13.2. The molecule has 0 radical (unpaired) electrons. The number of benzene rings is 1. The number of aromatic nitrogens is 1. The summed E-state index contributed by atoms with van der Waals surface area (Å²) >= 11 is 5.77. The Morgan fingerprint density at radius 3 is 2.80 bits per heavy atom. The summed E-state index contributed by atoms with van der Waals surface area (Å²) in [6, 6.07) is 5.87. The average molecular weight is 295 g/mol. The third-order valence-corrected chi connectivity index (χ3v) is 3.16. The van der Waals surface area contributed by atoms with E-state index in [4.69, 9.17) is 22.1 Å². The molecule has 3 nitrogen and oxygen atoms in total. The Bertz CT molecular complexity index is 592. The van der Waals surface area contributed by atoms with Gasteiger partial charge >= 0.3 is 0 Å². The molecule has 0 spiro atoms. The van der Waals surface area contributed by atoms with Crippen molar-refractivity contribution in [3.63, 3.8) is 0 Å². The van der Waals surface area contributed by atoms with E-state index in [0.29, 0.717) is 12.4 Å². The lowest BCUT2D eigenvalue weighted by molar-refractivity contribution is 0.315. The number of nitrogens with zero attached hydrogens (tertiary/aromatic N) is 1. The summed E-state index contributed by atoms with van der Waals surface area (Å²) in [5.74, 6) is 0.216. The lowest BCUT2D eigenvalue weighted by atomic mass is 10.0. The third-order valence-electron chi connectivity index (χ3n) is 2.87. The lowest BCUT2D eigenvalue weighted by Crippen LogP contribution is -2.12. The Hall–Kier alpha value is -1.65. The lowest BCUT2D eigenvalue weighted by Gasteiger charge is -2.14. The van der Waals surface area contributed by atoms with Gasteiger partial charge in [0.2, 0.25) is 0 Å². The molecule has 1 atom stereocenters. The molecule has 0 amide bonds. The van der Waals surface area contributed by atoms with Crippen LogP contribution in [0.2, 0.25) is 5.02 Å². The molecule has 0 aliphatic carbocycles. The highest BCUT2D eigenvalue weighted by molar-refractivity contribution is 6.30. The molecule has 1 aromatic carbocycles. The van der Waals surface area contributed by atoms with Crippen molar-refractivity contribution < 1.29 is 9.13 Å². The highest BCUT2D eigenvalue weighted by Gasteiger charge is 2.12. The molecule has 5 heteroatoms. The van der Waals surface area contributed by atoms with Crippen molar-refractivity contribution in [3.8, 4) is 5.75 Å². The predicted octanol–water partition coefficient (Wildman–Crippen LogP) is 3.71. The molecule has 1 aromatic heterocycles. The zero-order valence-electron chi connectivity index (χ0n) is 11.1. The molecule has 1 heterocycles. The summed E-state index contributed by atoms with van der Waals surface area (Å²) < 4.78 is 18.7. The fourth-order valence-electron chi connectivity index (χ4n) is 1.80. The van der Waals surface area contributed by atoms with E-state index >= 15 is 0 Å². The monoisotopic (exact) mass is 294 g/mol. The topological polar surface area (TPSA) is 48.1 Å². The first kappa shape index (κ1) is 14.8. The Morgan fingerprint density at radius 2 is 2.10 bits per heavy atom. The fraction of sp³-hybridized carbons (Fsp3) is 0.267. The van der Waals surface area contributed by atoms with Gasteiger partial charge < -0.3 is 10.5 Å². The SMILES string of the molecule is CCCOc1cncc(C(N)c2ccc(F)c(Cl)c2)c1. The van der Waals surface area contributed by atoms with Crippen LogP contribution in [0.5, 0.6) is 5.75 Å². The van der Waals surface area contributed by atoms with Gasteiger partial charge in [-0.25, -0.2) is 4.39 Å². The Labute approximate surface area is 122 Å². The predicted molar refractivity (Wildman–Crippen MR) is 77.5 cm³/mol. The Kier molecular flexibility index (Phi) is 4.93. The molecule has 0 aliphatic heterocycles. The van der Waals surface area contributed by atoms with E-state index < -0.39 is 11.9 Å². The van der Waals surface area contributed by atoms with Crippen LogP contribution in [-0.4, -0.2) is 11.6 Å². The van der Waals surface area contributed by atoms with Crippen LogP contribution in [0.4, 0.5) is 4.39 Å². The fourth-order valence-corrected chi connectivity index (χ4v) is 1.99. The third kappa shape index (κ3) is 3.46. The van der Waals surface area contributed by atoms with Crippen LogP contribution in [0.15, 0.2) is 36.7 Å². The van der Waals surface area contributed by atoms with Crippen molar-refractivity contribution in [2.75, 3.05) is 6.61 Å². The molecule has 0 fully saturated rings. The molecule has 20 heavy (non-hydrogen) atoms. The van der Waals surface area contributed by atoms with Crippen LogP contribution in [-0.2, 0) is 0 Å². The molecule has 1 unspecified atom stereocenters. The van der Waals surface area contributed by atoms with E-state index in [1.54, 1.807) is 18.5 Å².